The predicted molar refractivity (Wildman–Crippen MR) is 46.9 cm³/mol. The Bertz CT molecular complexity index is 123. The number of alkyl halides is 2. The van der Waals surface area contributed by atoms with E-state index in [0.29, 0.717) is 10.5 Å². The van der Waals surface area contributed by atoms with Gasteiger partial charge < -0.3 is 0 Å². The minimum absolute atomic E-state index is 0.383. The highest BCUT2D eigenvalue weighted by Gasteiger charge is 2.65. The van der Waals surface area contributed by atoms with Gasteiger partial charge in [-0.3, -0.25) is 0 Å². The van der Waals surface area contributed by atoms with Crippen molar-refractivity contribution in [1.82, 2.24) is 0 Å². The normalized spacial score (nSPS) is 46.0. The summed E-state index contributed by atoms with van der Waals surface area (Å²) in [7, 11) is 0. The molecule has 2 rings (SSSR count). The molecule has 2 atom stereocenters. The fourth-order valence-electron chi connectivity index (χ4n) is 1.02. The number of fused-ring (bicyclic) bond motifs is 1. The highest BCUT2D eigenvalue weighted by atomic mass is 35.5. The molecule has 52 valence electrons. The van der Waals surface area contributed by atoms with Gasteiger partial charge in [0.25, 0.3) is 0 Å². The van der Waals surface area contributed by atoms with E-state index in [0.717, 1.165) is 0 Å². The Morgan fingerprint density at radius 3 is 1.89 bits per heavy atom. The van der Waals surface area contributed by atoms with Gasteiger partial charge in [0.05, 0.1) is 10.5 Å². The van der Waals surface area contributed by atoms with Crippen LogP contribution in [0, 0.1) is 0 Å². The third kappa shape index (κ3) is 0.991. The molecule has 0 aromatic carbocycles. The Morgan fingerprint density at radius 1 is 1.11 bits per heavy atom. The summed E-state index contributed by atoms with van der Waals surface area (Å²) in [5.41, 5.74) is 0. The summed E-state index contributed by atoms with van der Waals surface area (Å²) in [4.78, 5) is 0. The Labute approximate surface area is 73.0 Å². The third-order valence-corrected chi connectivity index (χ3v) is 6.38. The molecule has 1 saturated heterocycles. The molecule has 0 aromatic heterocycles. The second-order valence-corrected chi connectivity index (χ2v) is 6.20. The standard InChI is InChI=1S/C5H6Cl2S2/c6-5(7)3-4(5)9-2-1-8-3/h3-4H,1-2H2. The van der Waals surface area contributed by atoms with Crippen molar-refractivity contribution < 1.29 is 0 Å². The van der Waals surface area contributed by atoms with Crippen LogP contribution in [0.25, 0.3) is 0 Å². The first kappa shape index (κ1) is 6.96. The summed E-state index contributed by atoms with van der Waals surface area (Å²) < 4.78 is -0.383. The first-order valence-electron chi connectivity index (χ1n) is 2.84. The van der Waals surface area contributed by atoms with Gasteiger partial charge in [0.1, 0.15) is 4.33 Å². The van der Waals surface area contributed by atoms with Crippen molar-refractivity contribution in [3.63, 3.8) is 0 Å². The second kappa shape index (κ2) is 2.13. The highest BCUT2D eigenvalue weighted by Crippen LogP contribution is 2.62. The minimum Gasteiger partial charge on any atom is -0.153 e. The van der Waals surface area contributed by atoms with E-state index >= 15 is 0 Å². The molecular formula is C5H6Cl2S2. The van der Waals surface area contributed by atoms with Gasteiger partial charge in [-0.05, 0) is 0 Å². The van der Waals surface area contributed by atoms with Gasteiger partial charge in [0.15, 0.2) is 0 Å². The van der Waals surface area contributed by atoms with E-state index in [2.05, 4.69) is 0 Å². The second-order valence-electron chi connectivity index (χ2n) is 2.26. The van der Waals surface area contributed by atoms with E-state index in [1.807, 2.05) is 23.5 Å². The Morgan fingerprint density at radius 2 is 1.56 bits per heavy atom. The largest absolute Gasteiger partial charge is 0.153 e. The first-order chi connectivity index (χ1) is 4.23. The lowest BCUT2D eigenvalue weighted by atomic mass is 10.9. The molecule has 1 aliphatic heterocycles. The summed E-state index contributed by atoms with van der Waals surface area (Å²) in [5.74, 6) is 2.43. The van der Waals surface area contributed by atoms with Crippen LogP contribution in [0.1, 0.15) is 0 Å². The molecule has 4 heteroatoms. The van der Waals surface area contributed by atoms with Gasteiger partial charge in [-0.25, -0.2) is 0 Å². The van der Waals surface area contributed by atoms with Gasteiger partial charge in [-0.15, -0.1) is 0 Å². The highest BCUT2D eigenvalue weighted by molar-refractivity contribution is 8.08. The van der Waals surface area contributed by atoms with Gasteiger partial charge in [0.2, 0.25) is 0 Å². The number of thioether (sulfide) groups is 2. The number of hydrogen-bond acceptors (Lipinski definition) is 2. The molecule has 0 bridgehead atoms. The maximum atomic E-state index is 5.94. The monoisotopic (exact) mass is 200 g/mol. The van der Waals surface area contributed by atoms with E-state index < -0.39 is 0 Å². The zero-order valence-electron chi connectivity index (χ0n) is 4.64. The van der Waals surface area contributed by atoms with Crippen molar-refractivity contribution >= 4 is 46.7 Å². The lowest BCUT2D eigenvalue weighted by molar-refractivity contribution is 1.37. The summed E-state index contributed by atoms with van der Waals surface area (Å²) in [5, 5.41) is 1.05. The number of hydrogen-bond donors (Lipinski definition) is 0. The molecule has 2 aliphatic rings. The summed E-state index contributed by atoms with van der Waals surface area (Å²) in [6.45, 7) is 0. The van der Waals surface area contributed by atoms with Gasteiger partial charge >= 0.3 is 0 Å². The molecule has 0 aromatic rings. The van der Waals surface area contributed by atoms with E-state index in [1.165, 1.54) is 11.5 Å². The van der Waals surface area contributed by atoms with Crippen LogP contribution >= 0.6 is 46.7 Å². The van der Waals surface area contributed by atoms with E-state index in [9.17, 15) is 0 Å². The molecule has 0 spiro atoms. The molecule has 1 saturated carbocycles. The van der Waals surface area contributed by atoms with Crippen LogP contribution in [0.2, 0.25) is 0 Å². The molecule has 0 radical (unpaired) electrons. The summed E-state index contributed by atoms with van der Waals surface area (Å²) in [6.07, 6.45) is 0. The molecular weight excluding hydrogens is 195 g/mol. The van der Waals surface area contributed by atoms with Crippen molar-refractivity contribution in [2.75, 3.05) is 11.5 Å². The van der Waals surface area contributed by atoms with Crippen molar-refractivity contribution in [2.45, 2.75) is 14.8 Å². The van der Waals surface area contributed by atoms with Gasteiger partial charge in [-0.2, -0.15) is 23.5 Å². The van der Waals surface area contributed by atoms with Crippen LogP contribution in [-0.4, -0.2) is 26.3 Å². The quantitative estimate of drug-likeness (QED) is 0.552. The maximum Gasteiger partial charge on any atom is 0.144 e. The van der Waals surface area contributed by atoms with Crippen LogP contribution in [0.5, 0.6) is 0 Å². The van der Waals surface area contributed by atoms with Crippen molar-refractivity contribution in [3.8, 4) is 0 Å². The fraction of sp³-hybridized carbons (Fsp3) is 1.00. The first-order valence-corrected chi connectivity index (χ1v) is 5.69. The number of halogens is 2. The van der Waals surface area contributed by atoms with Crippen molar-refractivity contribution in [2.24, 2.45) is 0 Å². The van der Waals surface area contributed by atoms with Crippen LogP contribution in [-0.2, 0) is 0 Å². The van der Waals surface area contributed by atoms with E-state index in [-0.39, 0.29) is 4.33 Å². The number of rotatable bonds is 0. The molecule has 1 aliphatic carbocycles. The molecule has 0 amide bonds. The lowest BCUT2D eigenvalue weighted by Gasteiger charge is -2.03. The Kier molecular flexibility index (Phi) is 1.65. The molecule has 2 fully saturated rings. The summed E-state index contributed by atoms with van der Waals surface area (Å²) >= 11 is 15.7. The zero-order chi connectivity index (χ0) is 6.48. The maximum absolute atomic E-state index is 5.94. The average molecular weight is 201 g/mol. The Hall–Kier alpha value is 1.28. The molecule has 0 N–H and O–H groups in total. The van der Waals surface area contributed by atoms with Crippen LogP contribution in [0.4, 0.5) is 0 Å². The van der Waals surface area contributed by atoms with Crippen molar-refractivity contribution in [3.05, 3.63) is 0 Å². The molecule has 9 heavy (non-hydrogen) atoms. The zero-order valence-corrected chi connectivity index (χ0v) is 7.79. The average Bonchev–Trinajstić information content (AvgIpc) is 2.39. The van der Waals surface area contributed by atoms with E-state index in [1.54, 1.807) is 0 Å². The van der Waals surface area contributed by atoms with Gasteiger partial charge in [-0.1, -0.05) is 23.2 Å². The lowest BCUT2D eigenvalue weighted by Crippen LogP contribution is -1.97. The fourth-order valence-corrected chi connectivity index (χ4v) is 5.65. The van der Waals surface area contributed by atoms with Crippen LogP contribution in [0.15, 0.2) is 0 Å². The molecule has 2 unspecified atom stereocenters. The topological polar surface area (TPSA) is 0 Å². The summed E-state index contributed by atoms with van der Waals surface area (Å²) in [6, 6.07) is 0. The molecule has 0 nitrogen and oxygen atoms in total. The van der Waals surface area contributed by atoms with Gasteiger partial charge in [0, 0.05) is 11.5 Å². The van der Waals surface area contributed by atoms with Crippen LogP contribution < -0.4 is 0 Å². The van der Waals surface area contributed by atoms with Crippen molar-refractivity contribution in [1.29, 1.82) is 0 Å². The third-order valence-electron chi connectivity index (χ3n) is 1.60. The van der Waals surface area contributed by atoms with E-state index in [4.69, 9.17) is 23.2 Å². The van der Waals surface area contributed by atoms with Crippen LogP contribution in [0.3, 0.4) is 0 Å². The minimum atomic E-state index is -0.383. The predicted octanol–water partition coefficient (Wildman–Crippen LogP) is 2.39. The molecule has 1 heterocycles. The Balaban J connectivity index is 2.06. The SMILES string of the molecule is ClC1(Cl)C2SCCSC21. The smallest absolute Gasteiger partial charge is 0.144 e.